The Hall–Kier alpha value is -2.36. The minimum absolute atomic E-state index is 0.00986. The molecule has 0 saturated carbocycles. The van der Waals surface area contributed by atoms with E-state index >= 15 is 0 Å². The van der Waals surface area contributed by atoms with E-state index in [4.69, 9.17) is 5.73 Å². The molecule has 0 aliphatic carbocycles. The highest BCUT2D eigenvalue weighted by molar-refractivity contribution is 6.06. The van der Waals surface area contributed by atoms with Crippen LogP contribution in [0.4, 0.5) is 15.8 Å². The molecule has 4 heteroatoms. The molecule has 0 saturated heterocycles. The SMILES string of the molecule is CCCCN(C(=O)c1ccc(F)c(N)c1)c1ccccc1. The molecule has 0 unspecified atom stereocenters. The van der Waals surface area contributed by atoms with Crippen LogP contribution in [0.3, 0.4) is 0 Å². The molecule has 0 aliphatic heterocycles. The number of anilines is 2. The lowest BCUT2D eigenvalue weighted by Crippen LogP contribution is -2.32. The second-order valence-electron chi connectivity index (χ2n) is 4.88. The number of rotatable bonds is 5. The van der Waals surface area contributed by atoms with Crippen molar-refractivity contribution in [1.82, 2.24) is 0 Å². The zero-order chi connectivity index (χ0) is 15.2. The van der Waals surface area contributed by atoms with E-state index in [-0.39, 0.29) is 11.6 Å². The molecule has 0 aliphatic rings. The van der Waals surface area contributed by atoms with Gasteiger partial charge in [-0.3, -0.25) is 4.79 Å². The summed E-state index contributed by atoms with van der Waals surface area (Å²) in [5.41, 5.74) is 6.77. The summed E-state index contributed by atoms with van der Waals surface area (Å²) in [4.78, 5) is 14.4. The molecule has 2 N–H and O–H groups in total. The van der Waals surface area contributed by atoms with E-state index in [0.717, 1.165) is 18.5 Å². The lowest BCUT2D eigenvalue weighted by Gasteiger charge is -2.23. The molecule has 1 amide bonds. The van der Waals surface area contributed by atoms with Crippen LogP contribution in [0.15, 0.2) is 48.5 Å². The van der Waals surface area contributed by atoms with Gasteiger partial charge in [-0.05, 0) is 36.8 Å². The Morgan fingerprint density at radius 1 is 1.19 bits per heavy atom. The van der Waals surface area contributed by atoms with E-state index in [1.807, 2.05) is 30.3 Å². The Bertz CT molecular complexity index is 613. The van der Waals surface area contributed by atoms with Gasteiger partial charge in [0.2, 0.25) is 0 Å². The Morgan fingerprint density at radius 3 is 2.52 bits per heavy atom. The minimum Gasteiger partial charge on any atom is -0.396 e. The van der Waals surface area contributed by atoms with Crippen molar-refractivity contribution in [2.75, 3.05) is 17.2 Å². The minimum atomic E-state index is -0.508. The number of hydrogen-bond donors (Lipinski definition) is 1. The van der Waals surface area contributed by atoms with Crippen LogP contribution < -0.4 is 10.6 Å². The van der Waals surface area contributed by atoms with Gasteiger partial charge >= 0.3 is 0 Å². The molecule has 2 aromatic rings. The van der Waals surface area contributed by atoms with E-state index in [9.17, 15) is 9.18 Å². The monoisotopic (exact) mass is 286 g/mol. The molecule has 0 spiro atoms. The largest absolute Gasteiger partial charge is 0.396 e. The van der Waals surface area contributed by atoms with Gasteiger partial charge in [-0.25, -0.2) is 4.39 Å². The Morgan fingerprint density at radius 2 is 1.90 bits per heavy atom. The van der Waals surface area contributed by atoms with Crippen LogP contribution in [0.5, 0.6) is 0 Å². The second-order valence-corrected chi connectivity index (χ2v) is 4.88. The predicted octanol–water partition coefficient (Wildman–Crippen LogP) is 3.85. The van der Waals surface area contributed by atoms with Gasteiger partial charge in [0.25, 0.3) is 5.91 Å². The number of nitrogens with two attached hydrogens (primary N) is 1. The number of carbonyl (C=O) groups excluding carboxylic acids is 1. The average Bonchev–Trinajstić information content (AvgIpc) is 2.51. The van der Waals surface area contributed by atoms with Crippen LogP contribution in [0, 0.1) is 5.82 Å². The summed E-state index contributed by atoms with van der Waals surface area (Å²) in [6, 6.07) is 13.5. The summed E-state index contributed by atoms with van der Waals surface area (Å²) in [6.07, 6.45) is 1.89. The molecule has 0 heterocycles. The van der Waals surface area contributed by atoms with Crippen LogP contribution in [-0.4, -0.2) is 12.5 Å². The normalized spacial score (nSPS) is 10.4. The molecule has 0 radical (unpaired) electrons. The molecule has 2 aromatic carbocycles. The van der Waals surface area contributed by atoms with E-state index in [0.29, 0.717) is 12.1 Å². The van der Waals surface area contributed by atoms with Crippen molar-refractivity contribution >= 4 is 17.3 Å². The summed E-state index contributed by atoms with van der Waals surface area (Å²) in [7, 11) is 0. The maximum atomic E-state index is 13.2. The summed E-state index contributed by atoms with van der Waals surface area (Å²) >= 11 is 0. The number of amides is 1. The molecule has 3 nitrogen and oxygen atoms in total. The van der Waals surface area contributed by atoms with Gasteiger partial charge < -0.3 is 10.6 Å². The van der Waals surface area contributed by atoms with Crippen molar-refractivity contribution in [1.29, 1.82) is 0 Å². The number of para-hydroxylation sites is 1. The topological polar surface area (TPSA) is 46.3 Å². The fourth-order valence-corrected chi connectivity index (χ4v) is 2.10. The molecule has 21 heavy (non-hydrogen) atoms. The standard InChI is InChI=1S/C17H19FN2O/c1-2-3-11-20(14-7-5-4-6-8-14)17(21)13-9-10-15(18)16(19)12-13/h4-10,12H,2-3,11,19H2,1H3. The van der Waals surface area contributed by atoms with Crippen LogP contribution in [0.25, 0.3) is 0 Å². The van der Waals surface area contributed by atoms with Crippen LogP contribution in [0.2, 0.25) is 0 Å². The van der Waals surface area contributed by atoms with Crippen molar-refractivity contribution in [3.63, 3.8) is 0 Å². The lowest BCUT2D eigenvalue weighted by atomic mass is 10.1. The van der Waals surface area contributed by atoms with Gasteiger partial charge in [-0.2, -0.15) is 0 Å². The number of unbranched alkanes of at least 4 members (excludes halogenated alkanes) is 1. The summed E-state index contributed by atoms with van der Waals surface area (Å²) in [5.74, 6) is -0.673. The molecule has 2 rings (SSSR count). The van der Waals surface area contributed by atoms with Crippen molar-refractivity contribution in [2.45, 2.75) is 19.8 Å². The first-order chi connectivity index (χ1) is 10.1. The highest BCUT2D eigenvalue weighted by atomic mass is 19.1. The Balaban J connectivity index is 2.31. The van der Waals surface area contributed by atoms with Gasteiger partial charge in [-0.15, -0.1) is 0 Å². The van der Waals surface area contributed by atoms with Crippen molar-refractivity contribution in [2.24, 2.45) is 0 Å². The van der Waals surface area contributed by atoms with Crippen LogP contribution in [-0.2, 0) is 0 Å². The van der Waals surface area contributed by atoms with E-state index in [1.54, 1.807) is 4.90 Å². The Kier molecular flexibility index (Phi) is 4.93. The van der Waals surface area contributed by atoms with Gasteiger partial charge in [-0.1, -0.05) is 31.5 Å². The smallest absolute Gasteiger partial charge is 0.258 e. The Labute approximate surface area is 124 Å². The summed E-state index contributed by atoms with van der Waals surface area (Å²) in [6.45, 7) is 2.69. The fourth-order valence-electron chi connectivity index (χ4n) is 2.10. The zero-order valence-corrected chi connectivity index (χ0v) is 12.1. The first-order valence-electron chi connectivity index (χ1n) is 7.05. The molecular weight excluding hydrogens is 267 g/mol. The van der Waals surface area contributed by atoms with E-state index in [2.05, 4.69) is 6.92 Å². The molecular formula is C17H19FN2O. The van der Waals surface area contributed by atoms with Crippen molar-refractivity contribution in [3.05, 3.63) is 59.9 Å². The fraction of sp³-hybridized carbons (Fsp3) is 0.235. The first kappa shape index (κ1) is 15.0. The first-order valence-corrected chi connectivity index (χ1v) is 7.05. The molecule has 0 bridgehead atoms. The number of halogens is 1. The van der Waals surface area contributed by atoms with Crippen molar-refractivity contribution in [3.8, 4) is 0 Å². The third-order valence-electron chi connectivity index (χ3n) is 3.29. The number of nitrogens with zero attached hydrogens (tertiary/aromatic N) is 1. The van der Waals surface area contributed by atoms with Crippen molar-refractivity contribution < 1.29 is 9.18 Å². The molecule has 0 atom stereocenters. The summed E-state index contributed by atoms with van der Waals surface area (Å²) < 4.78 is 13.2. The van der Waals surface area contributed by atoms with Crippen LogP contribution >= 0.6 is 0 Å². The second kappa shape index (κ2) is 6.88. The van der Waals surface area contributed by atoms with Gasteiger partial charge in [0.1, 0.15) is 5.82 Å². The molecule has 110 valence electrons. The number of hydrogen-bond acceptors (Lipinski definition) is 2. The van der Waals surface area contributed by atoms with E-state index < -0.39 is 5.82 Å². The maximum absolute atomic E-state index is 13.2. The summed E-state index contributed by atoms with van der Waals surface area (Å²) in [5, 5.41) is 0. The quantitative estimate of drug-likeness (QED) is 0.848. The number of nitrogen functional groups attached to an aromatic ring is 1. The highest BCUT2D eigenvalue weighted by Crippen LogP contribution is 2.20. The van der Waals surface area contributed by atoms with Crippen LogP contribution in [0.1, 0.15) is 30.1 Å². The van der Waals surface area contributed by atoms with Gasteiger partial charge in [0, 0.05) is 17.8 Å². The molecule has 0 fully saturated rings. The highest BCUT2D eigenvalue weighted by Gasteiger charge is 2.18. The lowest BCUT2D eigenvalue weighted by molar-refractivity contribution is 0.0986. The average molecular weight is 286 g/mol. The number of benzene rings is 2. The van der Waals surface area contributed by atoms with Gasteiger partial charge in [0.15, 0.2) is 0 Å². The van der Waals surface area contributed by atoms with E-state index in [1.165, 1.54) is 18.2 Å². The molecule has 0 aromatic heterocycles. The third-order valence-corrected chi connectivity index (χ3v) is 3.29. The zero-order valence-electron chi connectivity index (χ0n) is 12.1. The number of carbonyl (C=O) groups is 1. The maximum Gasteiger partial charge on any atom is 0.258 e. The third kappa shape index (κ3) is 3.60. The predicted molar refractivity (Wildman–Crippen MR) is 83.8 cm³/mol. The van der Waals surface area contributed by atoms with Gasteiger partial charge in [0.05, 0.1) is 5.69 Å².